The molecule has 3 aromatic rings. The average molecular weight is 425 g/mol. The molecule has 4 rings (SSSR count). The lowest BCUT2D eigenvalue weighted by molar-refractivity contribution is 0.0992. The van der Waals surface area contributed by atoms with E-state index in [0.29, 0.717) is 15.9 Å². The zero-order chi connectivity index (χ0) is 18.8. The molecule has 0 aliphatic heterocycles. The Hall–Kier alpha value is -2.86. The Morgan fingerprint density at radius 1 is 0.852 bits per heavy atom. The zero-order valence-electron chi connectivity index (χ0n) is 14.4. The molecular formula is C21H17BrN2O3. The maximum atomic E-state index is 12.6. The molecule has 1 heterocycles. The second-order valence-electron chi connectivity index (χ2n) is 6.43. The number of amides is 2. The van der Waals surface area contributed by atoms with Crippen molar-refractivity contribution in [1.29, 1.82) is 0 Å². The van der Waals surface area contributed by atoms with Gasteiger partial charge in [0, 0.05) is 16.9 Å². The lowest BCUT2D eigenvalue weighted by Crippen LogP contribution is -2.14. The summed E-state index contributed by atoms with van der Waals surface area (Å²) in [4.78, 5) is 24.8. The summed E-state index contributed by atoms with van der Waals surface area (Å²) >= 11 is 3.17. The predicted octanol–water partition coefficient (Wildman–Crippen LogP) is 5.04. The minimum absolute atomic E-state index is 0.190. The normalized spacial score (nSPS) is 12.5. The molecule has 0 saturated carbocycles. The smallest absolute Gasteiger partial charge is 0.291 e. The number of fused-ring (bicyclic) bond motifs is 1. The van der Waals surface area contributed by atoms with E-state index in [1.165, 1.54) is 17.5 Å². The van der Waals surface area contributed by atoms with Gasteiger partial charge in [0.1, 0.15) is 0 Å². The van der Waals surface area contributed by atoms with Crippen LogP contribution in [0.3, 0.4) is 0 Å². The Morgan fingerprint density at radius 3 is 2.44 bits per heavy atom. The van der Waals surface area contributed by atoms with E-state index in [1.807, 2.05) is 12.1 Å². The lowest BCUT2D eigenvalue weighted by atomic mass is 10.1. The SMILES string of the molecule is O=C(Nc1ccc2c(c1)CCC2)c1cccc(NC(=O)c2ccc(Br)o2)c1. The first-order chi connectivity index (χ1) is 13.1. The van der Waals surface area contributed by atoms with Crippen molar-refractivity contribution < 1.29 is 14.0 Å². The van der Waals surface area contributed by atoms with Gasteiger partial charge in [-0.1, -0.05) is 12.1 Å². The first kappa shape index (κ1) is 17.5. The zero-order valence-corrected chi connectivity index (χ0v) is 16.0. The maximum absolute atomic E-state index is 12.6. The molecule has 27 heavy (non-hydrogen) atoms. The highest BCUT2D eigenvalue weighted by Gasteiger charge is 2.14. The number of hydrogen-bond acceptors (Lipinski definition) is 3. The van der Waals surface area contributed by atoms with Crippen molar-refractivity contribution in [2.45, 2.75) is 19.3 Å². The van der Waals surface area contributed by atoms with Crippen LogP contribution in [0.2, 0.25) is 0 Å². The number of anilines is 2. The summed E-state index contributed by atoms with van der Waals surface area (Å²) in [5.74, 6) is -0.406. The summed E-state index contributed by atoms with van der Waals surface area (Å²) < 4.78 is 5.72. The number of rotatable bonds is 4. The van der Waals surface area contributed by atoms with Crippen molar-refractivity contribution in [2.75, 3.05) is 10.6 Å². The van der Waals surface area contributed by atoms with E-state index in [4.69, 9.17) is 4.42 Å². The molecule has 2 N–H and O–H groups in total. The van der Waals surface area contributed by atoms with E-state index >= 15 is 0 Å². The van der Waals surface area contributed by atoms with E-state index in [-0.39, 0.29) is 17.6 Å². The van der Waals surface area contributed by atoms with Crippen LogP contribution in [0.15, 0.2) is 63.7 Å². The number of benzene rings is 2. The fourth-order valence-electron chi connectivity index (χ4n) is 3.22. The fraction of sp³-hybridized carbons (Fsp3) is 0.143. The third-order valence-corrected chi connectivity index (χ3v) is 4.96. The van der Waals surface area contributed by atoms with Crippen LogP contribution in [0, 0.1) is 0 Å². The van der Waals surface area contributed by atoms with Crippen molar-refractivity contribution in [2.24, 2.45) is 0 Å². The number of nitrogens with one attached hydrogen (secondary N) is 2. The minimum atomic E-state index is -0.378. The highest BCUT2D eigenvalue weighted by Crippen LogP contribution is 2.25. The Balaban J connectivity index is 1.46. The molecule has 0 fully saturated rings. The second-order valence-corrected chi connectivity index (χ2v) is 7.21. The van der Waals surface area contributed by atoms with E-state index in [2.05, 4.69) is 32.6 Å². The fourth-order valence-corrected chi connectivity index (χ4v) is 3.53. The van der Waals surface area contributed by atoms with E-state index in [1.54, 1.807) is 36.4 Å². The van der Waals surface area contributed by atoms with Crippen LogP contribution in [-0.4, -0.2) is 11.8 Å². The molecule has 0 spiro atoms. The van der Waals surface area contributed by atoms with Crippen molar-refractivity contribution in [3.05, 3.63) is 81.7 Å². The first-order valence-corrected chi connectivity index (χ1v) is 9.48. The first-order valence-electron chi connectivity index (χ1n) is 8.68. The Kier molecular flexibility index (Phi) is 4.81. The molecule has 1 aromatic heterocycles. The maximum Gasteiger partial charge on any atom is 0.291 e. The summed E-state index contributed by atoms with van der Waals surface area (Å²) in [7, 11) is 0. The Morgan fingerprint density at radius 2 is 1.63 bits per heavy atom. The molecule has 0 unspecified atom stereocenters. The molecule has 0 bridgehead atoms. The molecular weight excluding hydrogens is 408 g/mol. The highest BCUT2D eigenvalue weighted by atomic mass is 79.9. The number of furan rings is 1. The quantitative estimate of drug-likeness (QED) is 0.616. The molecule has 136 valence electrons. The number of carbonyl (C=O) groups is 2. The van der Waals surface area contributed by atoms with Gasteiger partial charge in [0.25, 0.3) is 11.8 Å². The van der Waals surface area contributed by atoms with Crippen molar-refractivity contribution >= 4 is 39.1 Å². The highest BCUT2D eigenvalue weighted by molar-refractivity contribution is 9.10. The van der Waals surface area contributed by atoms with E-state index in [0.717, 1.165) is 18.5 Å². The van der Waals surface area contributed by atoms with Gasteiger partial charge in [-0.2, -0.15) is 0 Å². The van der Waals surface area contributed by atoms with Gasteiger partial charge in [-0.05, 0) is 88.8 Å². The van der Waals surface area contributed by atoms with Gasteiger partial charge in [0.05, 0.1) is 0 Å². The van der Waals surface area contributed by atoms with Crippen LogP contribution in [0.4, 0.5) is 11.4 Å². The number of carbonyl (C=O) groups excluding carboxylic acids is 2. The summed E-state index contributed by atoms with van der Waals surface area (Å²) in [6.07, 6.45) is 3.34. The summed E-state index contributed by atoms with van der Waals surface area (Å²) in [6.45, 7) is 0. The van der Waals surface area contributed by atoms with Gasteiger partial charge in [-0.25, -0.2) is 0 Å². The molecule has 1 aliphatic rings. The standard InChI is InChI=1S/C21H17BrN2O3/c22-19-10-9-18(27-19)21(26)24-16-6-2-5-15(12-16)20(25)23-17-8-7-13-3-1-4-14(13)11-17/h2,5-12H,1,3-4H2,(H,23,25)(H,24,26). The monoisotopic (exact) mass is 424 g/mol. The van der Waals surface area contributed by atoms with Crippen molar-refractivity contribution in [3.8, 4) is 0 Å². The Labute approximate surface area is 164 Å². The number of halogens is 1. The predicted molar refractivity (Wildman–Crippen MR) is 107 cm³/mol. The van der Waals surface area contributed by atoms with Crippen LogP contribution in [-0.2, 0) is 12.8 Å². The van der Waals surface area contributed by atoms with E-state index in [9.17, 15) is 9.59 Å². The van der Waals surface area contributed by atoms with Crippen LogP contribution >= 0.6 is 15.9 Å². The van der Waals surface area contributed by atoms with Crippen LogP contribution in [0.5, 0.6) is 0 Å². The molecule has 0 radical (unpaired) electrons. The molecule has 0 saturated heterocycles. The molecule has 5 nitrogen and oxygen atoms in total. The van der Waals surface area contributed by atoms with Crippen LogP contribution in [0.1, 0.15) is 38.5 Å². The van der Waals surface area contributed by atoms with E-state index < -0.39 is 0 Å². The van der Waals surface area contributed by atoms with Crippen LogP contribution < -0.4 is 10.6 Å². The van der Waals surface area contributed by atoms with Gasteiger partial charge in [0.2, 0.25) is 0 Å². The van der Waals surface area contributed by atoms with Crippen molar-refractivity contribution in [3.63, 3.8) is 0 Å². The van der Waals surface area contributed by atoms with Crippen LogP contribution in [0.25, 0.3) is 0 Å². The molecule has 0 atom stereocenters. The largest absolute Gasteiger partial charge is 0.444 e. The molecule has 2 amide bonds. The topological polar surface area (TPSA) is 71.3 Å². The second kappa shape index (κ2) is 7.40. The minimum Gasteiger partial charge on any atom is -0.444 e. The summed E-state index contributed by atoms with van der Waals surface area (Å²) in [6, 6.07) is 16.1. The van der Waals surface area contributed by atoms with Gasteiger partial charge in [0.15, 0.2) is 10.4 Å². The number of hydrogen-bond donors (Lipinski definition) is 2. The lowest BCUT2D eigenvalue weighted by Gasteiger charge is -2.09. The molecule has 2 aromatic carbocycles. The van der Waals surface area contributed by atoms with Crippen molar-refractivity contribution in [1.82, 2.24) is 0 Å². The summed E-state index contributed by atoms with van der Waals surface area (Å²) in [5.41, 5.74) is 4.44. The Bertz CT molecular complexity index is 1030. The van der Waals surface area contributed by atoms with Gasteiger partial charge >= 0.3 is 0 Å². The molecule has 6 heteroatoms. The summed E-state index contributed by atoms with van der Waals surface area (Å²) in [5, 5.41) is 5.66. The van der Waals surface area contributed by atoms with Gasteiger partial charge < -0.3 is 15.1 Å². The van der Waals surface area contributed by atoms with Gasteiger partial charge in [-0.15, -0.1) is 0 Å². The number of aryl methyl sites for hydroxylation is 2. The average Bonchev–Trinajstić information content (AvgIpc) is 3.30. The molecule has 1 aliphatic carbocycles. The third-order valence-electron chi connectivity index (χ3n) is 4.54. The van der Waals surface area contributed by atoms with Gasteiger partial charge in [-0.3, -0.25) is 9.59 Å². The third kappa shape index (κ3) is 3.95.